The number of benzene rings is 2. The van der Waals surface area contributed by atoms with Gasteiger partial charge in [0.1, 0.15) is 6.61 Å². The second-order valence-electron chi connectivity index (χ2n) is 9.02. The van der Waals surface area contributed by atoms with Crippen LogP contribution in [0.25, 0.3) is 11.1 Å². The normalized spacial score (nSPS) is 19.1. The number of rotatable bonds is 5. The molecule has 2 aromatic carbocycles. The summed E-state index contributed by atoms with van der Waals surface area (Å²) in [5, 5.41) is 11.9. The number of aliphatic carboxylic acids is 1. The number of amides is 2. The van der Waals surface area contributed by atoms with Crippen LogP contribution in [0.1, 0.15) is 47.4 Å². The van der Waals surface area contributed by atoms with Gasteiger partial charge in [-0.15, -0.1) is 0 Å². The number of ether oxygens (including phenoxy) is 1. The molecule has 1 fully saturated rings. The van der Waals surface area contributed by atoms with E-state index in [-0.39, 0.29) is 35.9 Å². The Hall–Kier alpha value is -4.07. The van der Waals surface area contributed by atoms with E-state index in [9.17, 15) is 19.5 Å². The summed E-state index contributed by atoms with van der Waals surface area (Å²) >= 11 is 0. The molecular weight excluding hydrogens is 448 g/mol. The predicted octanol–water partition coefficient (Wildman–Crippen LogP) is 4.97. The van der Waals surface area contributed by atoms with Crippen LogP contribution >= 0.6 is 0 Å². The Kier molecular flexibility index (Phi) is 6.03. The summed E-state index contributed by atoms with van der Waals surface area (Å²) < 4.78 is 11.0. The Morgan fingerprint density at radius 2 is 1.71 bits per heavy atom. The third-order valence-electron chi connectivity index (χ3n) is 6.93. The Morgan fingerprint density at radius 3 is 2.34 bits per heavy atom. The average molecular weight is 475 g/mol. The number of carboxylic acids is 1. The number of piperidine rings is 1. The van der Waals surface area contributed by atoms with Gasteiger partial charge in [-0.05, 0) is 42.0 Å². The molecule has 2 atom stereocenters. The van der Waals surface area contributed by atoms with E-state index >= 15 is 0 Å². The molecule has 1 aromatic heterocycles. The molecule has 2 N–H and O–H groups in total. The number of nitrogens with zero attached hydrogens (tertiary/aromatic N) is 1. The van der Waals surface area contributed by atoms with Gasteiger partial charge < -0.3 is 19.2 Å². The minimum Gasteiger partial charge on any atom is -0.481 e. The molecule has 8 heteroatoms. The van der Waals surface area contributed by atoms with Crippen LogP contribution in [0.15, 0.2) is 65.3 Å². The van der Waals surface area contributed by atoms with Crippen molar-refractivity contribution in [1.29, 1.82) is 0 Å². The number of anilines is 1. The second-order valence-corrected chi connectivity index (χ2v) is 9.02. The molecule has 35 heavy (non-hydrogen) atoms. The Bertz CT molecular complexity index is 1240. The monoisotopic (exact) mass is 474 g/mol. The zero-order valence-electron chi connectivity index (χ0n) is 19.3. The smallest absolute Gasteiger partial charge is 0.411 e. The molecule has 2 aliphatic rings. The molecule has 3 aromatic rings. The SMILES string of the molecule is C[C@@H]1C[C@H](C(=O)O)CCN1C(=O)c1occc1NC(=O)OCC1c2ccccc2-c2ccccc21. The zero-order chi connectivity index (χ0) is 24.5. The molecule has 8 nitrogen and oxygen atoms in total. The number of carbonyl (C=O) groups is 3. The number of carboxylic acid groups (broad SMARTS) is 1. The van der Waals surface area contributed by atoms with E-state index in [4.69, 9.17) is 9.15 Å². The maximum absolute atomic E-state index is 13.1. The van der Waals surface area contributed by atoms with Crippen LogP contribution in [0.2, 0.25) is 0 Å². The molecule has 0 saturated carbocycles. The third-order valence-corrected chi connectivity index (χ3v) is 6.93. The molecule has 1 aliphatic heterocycles. The van der Waals surface area contributed by atoms with Crippen LogP contribution in [-0.4, -0.2) is 47.2 Å². The Balaban J connectivity index is 1.24. The number of likely N-dealkylation sites (tertiary alicyclic amines) is 1. The van der Waals surface area contributed by atoms with Gasteiger partial charge in [-0.2, -0.15) is 0 Å². The molecule has 2 heterocycles. The first-order valence-electron chi connectivity index (χ1n) is 11.7. The standard InChI is InChI=1S/C27H26N2O6/c1-16-14-17(26(31)32)10-12-29(16)25(30)24-23(11-13-34-24)28-27(33)35-15-22-20-8-4-2-6-18(20)19-7-3-5-9-21(19)22/h2-9,11,13,16-17,22H,10,12,14-15H2,1H3,(H,28,33)(H,31,32)/t16-,17-/m1/s1. The quantitative estimate of drug-likeness (QED) is 0.541. The van der Waals surface area contributed by atoms with Gasteiger partial charge in [0.2, 0.25) is 5.76 Å². The van der Waals surface area contributed by atoms with Crippen LogP contribution < -0.4 is 5.32 Å². The fraction of sp³-hybridized carbons (Fsp3) is 0.296. The fourth-order valence-corrected chi connectivity index (χ4v) is 5.15. The molecule has 1 aliphatic carbocycles. The molecule has 0 radical (unpaired) electrons. The fourth-order valence-electron chi connectivity index (χ4n) is 5.15. The maximum Gasteiger partial charge on any atom is 0.411 e. The molecule has 0 bridgehead atoms. The van der Waals surface area contributed by atoms with E-state index in [1.165, 1.54) is 12.3 Å². The molecule has 5 rings (SSSR count). The van der Waals surface area contributed by atoms with Crippen molar-refractivity contribution in [3.8, 4) is 11.1 Å². The first-order chi connectivity index (χ1) is 16.9. The number of carbonyl (C=O) groups excluding carboxylic acids is 2. The highest BCUT2D eigenvalue weighted by Gasteiger charge is 2.35. The van der Waals surface area contributed by atoms with Crippen molar-refractivity contribution in [2.75, 3.05) is 18.5 Å². The number of nitrogens with one attached hydrogen (secondary N) is 1. The highest BCUT2D eigenvalue weighted by atomic mass is 16.5. The summed E-state index contributed by atoms with van der Waals surface area (Å²) in [6.07, 6.45) is 1.40. The largest absolute Gasteiger partial charge is 0.481 e. The Morgan fingerprint density at radius 1 is 1.06 bits per heavy atom. The molecule has 0 unspecified atom stereocenters. The van der Waals surface area contributed by atoms with Crippen LogP contribution in [-0.2, 0) is 9.53 Å². The molecule has 180 valence electrons. The van der Waals surface area contributed by atoms with Crippen molar-refractivity contribution in [3.05, 3.63) is 77.7 Å². The van der Waals surface area contributed by atoms with Gasteiger partial charge in [0.05, 0.1) is 17.9 Å². The van der Waals surface area contributed by atoms with Gasteiger partial charge in [-0.25, -0.2) is 4.79 Å². The lowest BCUT2D eigenvalue weighted by atomic mass is 9.91. The van der Waals surface area contributed by atoms with E-state index in [1.54, 1.807) is 4.90 Å². The van der Waals surface area contributed by atoms with Gasteiger partial charge >= 0.3 is 12.1 Å². The van der Waals surface area contributed by atoms with Crippen LogP contribution in [0.4, 0.5) is 10.5 Å². The summed E-state index contributed by atoms with van der Waals surface area (Å²) in [6, 6.07) is 17.4. The highest BCUT2D eigenvalue weighted by Crippen LogP contribution is 2.44. The number of hydrogen-bond acceptors (Lipinski definition) is 5. The van der Waals surface area contributed by atoms with Crippen LogP contribution in [0.3, 0.4) is 0 Å². The summed E-state index contributed by atoms with van der Waals surface area (Å²) in [5.74, 6) is -1.78. The number of fused-ring (bicyclic) bond motifs is 3. The average Bonchev–Trinajstić information content (AvgIpc) is 3.44. The second kappa shape index (κ2) is 9.29. The minimum absolute atomic E-state index is 0.000803. The van der Waals surface area contributed by atoms with Crippen LogP contribution in [0, 0.1) is 5.92 Å². The lowest BCUT2D eigenvalue weighted by molar-refractivity contribution is -0.143. The van der Waals surface area contributed by atoms with E-state index in [0.29, 0.717) is 19.4 Å². The summed E-state index contributed by atoms with van der Waals surface area (Å²) in [7, 11) is 0. The summed E-state index contributed by atoms with van der Waals surface area (Å²) in [5.41, 5.74) is 4.72. The van der Waals surface area contributed by atoms with Gasteiger partial charge in [0, 0.05) is 24.6 Å². The Labute approximate surface area is 202 Å². The lowest BCUT2D eigenvalue weighted by Crippen LogP contribution is -2.46. The number of hydrogen-bond donors (Lipinski definition) is 2. The van der Waals surface area contributed by atoms with E-state index in [2.05, 4.69) is 17.4 Å². The topological polar surface area (TPSA) is 109 Å². The first-order valence-corrected chi connectivity index (χ1v) is 11.7. The first kappa shape index (κ1) is 22.7. The van der Waals surface area contributed by atoms with Crippen molar-refractivity contribution in [1.82, 2.24) is 4.90 Å². The van der Waals surface area contributed by atoms with E-state index in [1.807, 2.05) is 43.3 Å². The highest BCUT2D eigenvalue weighted by molar-refractivity contribution is 6.00. The molecule has 2 amide bonds. The number of furan rings is 1. The van der Waals surface area contributed by atoms with Crippen molar-refractivity contribution < 1.29 is 28.6 Å². The van der Waals surface area contributed by atoms with Crippen molar-refractivity contribution in [2.24, 2.45) is 5.92 Å². The van der Waals surface area contributed by atoms with Crippen molar-refractivity contribution in [2.45, 2.75) is 31.7 Å². The summed E-state index contributed by atoms with van der Waals surface area (Å²) in [4.78, 5) is 38.6. The molecular formula is C27H26N2O6. The van der Waals surface area contributed by atoms with Gasteiger partial charge in [-0.1, -0.05) is 48.5 Å². The van der Waals surface area contributed by atoms with Gasteiger partial charge in [0.15, 0.2) is 0 Å². The maximum atomic E-state index is 13.1. The van der Waals surface area contributed by atoms with E-state index < -0.39 is 18.0 Å². The van der Waals surface area contributed by atoms with Gasteiger partial charge in [-0.3, -0.25) is 14.9 Å². The van der Waals surface area contributed by atoms with E-state index in [0.717, 1.165) is 22.3 Å². The molecule has 0 spiro atoms. The zero-order valence-corrected chi connectivity index (χ0v) is 19.3. The molecule has 1 saturated heterocycles. The van der Waals surface area contributed by atoms with Gasteiger partial charge in [0.25, 0.3) is 5.91 Å². The third kappa shape index (κ3) is 4.27. The lowest BCUT2D eigenvalue weighted by Gasteiger charge is -2.35. The van der Waals surface area contributed by atoms with Crippen molar-refractivity contribution in [3.63, 3.8) is 0 Å². The van der Waals surface area contributed by atoms with Crippen molar-refractivity contribution >= 4 is 23.7 Å². The minimum atomic E-state index is -0.848. The predicted molar refractivity (Wildman–Crippen MR) is 128 cm³/mol. The van der Waals surface area contributed by atoms with Crippen LogP contribution in [0.5, 0.6) is 0 Å². The summed E-state index contributed by atoms with van der Waals surface area (Å²) in [6.45, 7) is 2.28.